The molecule has 6 heteroatoms. The van der Waals surface area contributed by atoms with E-state index in [1.54, 1.807) is 0 Å². The van der Waals surface area contributed by atoms with E-state index in [-0.39, 0.29) is 0 Å². The normalized spacial score (nSPS) is 14.3. The van der Waals surface area contributed by atoms with Gasteiger partial charge in [-0.1, -0.05) is 0 Å². The molecule has 0 aliphatic heterocycles. The van der Waals surface area contributed by atoms with E-state index in [9.17, 15) is 22.0 Å². The van der Waals surface area contributed by atoms with Crippen molar-refractivity contribution < 1.29 is 22.0 Å². The zero-order valence-electron chi connectivity index (χ0n) is 13.3. The SMILES string of the molecule is CCC[CH2][Sn]([CH2]CCC)([CH2]CCC)/[C](F)=C(\F)C(F)(F)F. The molecule has 0 N–H and O–H groups in total. The molecule has 0 aromatic rings. The minimum absolute atomic E-state index is 0.487. The Balaban J connectivity index is 5.58. The summed E-state index contributed by atoms with van der Waals surface area (Å²) in [6.45, 7) is 5.79. The van der Waals surface area contributed by atoms with Gasteiger partial charge in [0.05, 0.1) is 0 Å². The van der Waals surface area contributed by atoms with Gasteiger partial charge in [0.15, 0.2) is 0 Å². The summed E-state index contributed by atoms with van der Waals surface area (Å²) in [5.74, 6) is -2.44. The first-order valence-corrected chi connectivity index (χ1v) is 15.4. The Morgan fingerprint density at radius 2 is 1.10 bits per heavy atom. The van der Waals surface area contributed by atoms with Crippen molar-refractivity contribution in [3.8, 4) is 0 Å². The Morgan fingerprint density at radius 3 is 1.33 bits per heavy atom. The Hall–Kier alpha value is 0.189. The average molecular weight is 421 g/mol. The topological polar surface area (TPSA) is 0 Å². The summed E-state index contributed by atoms with van der Waals surface area (Å²) in [5.41, 5.74) is 0. The number of hydrogen-bond acceptors (Lipinski definition) is 0. The number of alkyl halides is 3. The molecule has 0 bridgehead atoms. The number of hydrogen-bond donors (Lipinski definition) is 0. The zero-order valence-corrected chi connectivity index (χ0v) is 16.1. The quantitative estimate of drug-likeness (QED) is 0.261. The molecular formula is C15H27F5Sn. The molecule has 0 aliphatic rings. The van der Waals surface area contributed by atoms with Gasteiger partial charge in [0.2, 0.25) is 0 Å². The van der Waals surface area contributed by atoms with Crippen molar-refractivity contribution in [2.24, 2.45) is 0 Å². The molecule has 0 aliphatic carbocycles. The molecular weight excluding hydrogens is 394 g/mol. The molecule has 0 nitrogen and oxygen atoms in total. The van der Waals surface area contributed by atoms with Crippen molar-refractivity contribution in [1.82, 2.24) is 0 Å². The second-order valence-corrected chi connectivity index (χ2v) is 18.6. The van der Waals surface area contributed by atoms with Crippen LogP contribution in [-0.4, -0.2) is 24.6 Å². The minimum atomic E-state index is -5.18. The summed E-state index contributed by atoms with van der Waals surface area (Å²) < 4.78 is 65.7. The van der Waals surface area contributed by atoms with Crippen LogP contribution in [0.2, 0.25) is 13.3 Å². The van der Waals surface area contributed by atoms with Gasteiger partial charge in [-0.25, -0.2) is 0 Å². The predicted octanol–water partition coefficient (Wildman–Crippen LogP) is 7.09. The number of rotatable bonds is 10. The Labute approximate surface area is 129 Å². The molecule has 0 fully saturated rings. The van der Waals surface area contributed by atoms with Crippen molar-refractivity contribution in [3.05, 3.63) is 9.67 Å². The van der Waals surface area contributed by atoms with Crippen LogP contribution < -0.4 is 0 Å². The van der Waals surface area contributed by atoms with E-state index in [0.717, 1.165) is 19.3 Å². The predicted molar refractivity (Wildman–Crippen MR) is 80.2 cm³/mol. The third kappa shape index (κ3) is 6.87. The fourth-order valence-corrected chi connectivity index (χ4v) is 17.2. The van der Waals surface area contributed by atoms with Gasteiger partial charge in [0, 0.05) is 0 Å². The molecule has 0 heterocycles. The first kappa shape index (κ1) is 21.2. The molecule has 0 amide bonds. The van der Waals surface area contributed by atoms with Crippen LogP contribution in [0.5, 0.6) is 0 Å². The third-order valence-corrected chi connectivity index (χ3v) is 18.4. The number of unbranched alkanes of at least 4 members (excludes halogenated alkanes) is 3. The van der Waals surface area contributed by atoms with Gasteiger partial charge >= 0.3 is 129 Å². The second kappa shape index (κ2) is 10.1. The molecule has 0 rings (SSSR count). The van der Waals surface area contributed by atoms with Crippen LogP contribution in [0.3, 0.4) is 0 Å². The summed E-state index contributed by atoms with van der Waals surface area (Å²) in [7, 11) is 0. The Kier molecular flexibility index (Phi) is 10.1. The molecule has 0 aromatic heterocycles. The van der Waals surface area contributed by atoms with Crippen LogP contribution in [0.1, 0.15) is 59.3 Å². The average Bonchev–Trinajstić information content (AvgIpc) is 2.44. The number of halogens is 5. The van der Waals surface area contributed by atoms with Gasteiger partial charge < -0.3 is 0 Å². The van der Waals surface area contributed by atoms with Gasteiger partial charge in [-0.05, 0) is 0 Å². The maximum atomic E-state index is 14.5. The van der Waals surface area contributed by atoms with Crippen LogP contribution in [-0.2, 0) is 0 Å². The maximum absolute atomic E-state index is 14.5. The van der Waals surface area contributed by atoms with Crippen molar-refractivity contribution >= 4 is 18.4 Å². The molecule has 126 valence electrons. The van der Waals surface area contributed by atoms with Crippen LogP contribution in [0.15, 0.2) is 9.67 Å². The molecule has 0 atom stereocenters. The van der Waals surface area contributed by atoms with Crippen LogP contribution in [0.25, 0.3) is 0 Å². The monoisotopic (exact) mass is 422 g/mol. The van der Waals surface area contributed by atoms with Crippen molar-refractivity contribution in [2.45, 2.75) is 78.8 Å². The van der Waals surface area contributed by atoms with Crippen molar-refractivity contribution in [1.29, 1.82) is 0 Å². The fraction of sp³-hybridized carbons (Fsp3) is 0.867. The molecule has 0 saturated carbocycles. The molecule has 0 unspecified atom stereocenters. The summed E-state index contributed by atoms with van der Waals surface area (Å²) in [6, 6.07) is 0. The first-order chi connectivity index (χ1) is 9.75. The molecule has 0 radical (unpaired) electrons. The van der Waals surface area contributed by atoms with E-state index in [1.165, 1.54) is 0 Å². The van der Waals surface area contributed by atoms with Gasteiger partial charge in [-0.2, -0.15) is 0 Å². The van der Waals surface area contributed by atoms with E-state index in [1.807, 2.05) is 20.8 Å². The summed E-state index contributed by atoms with van der Waals surface area (Å²) in [5, 5.41) is 0. The Bertz CT molecular complexity index is 301. The van der Waals surface area contributed by atoms with Crippen molar-refractivity contribution in [2.75, 3.05) is 0 Å². The van der Waals surface area contributed by atoms with E-state index in [4.69, 9.17) is 0 Å². The first-order valence-electron chi connectivity index (χ1n) is 7.88. The van der Waals surface area contributed by atoms with E-state index < -0.39 is 34.2 Å². The summed E-state index contributed by atoms with van der Waals surface area (Å²) in [6.07, 6.45) is -0.684. The van der Waals surface area contributed by atoms with Gasteiger partial charge in [0.25, 0.3) is 0 Å². The van der Waals surface area contributed by atoms with Crippen LogP contribution >= 0.6 is 0 Å². The van der Waals surface area contributed by atoms with E-state index >= 15 is 0 Å². The second-order valence-electron chi connectivity index (χ2n) is 5.72. The standard InChI is InChI=1S/3C4H9.C3F5.Sn/c3*1-3-4-2;4-1-2(5)3(6,7)8;/h3*1,3-4H2,2H3;;. The molecule has 0 spiro atoms. The summed E-state index contributed by atoms with van der Waals surface area (Å²) >= 11 is -3.90. The van der Waals surface area contributed by atoms with E-state index in [2.05, 4.69) is 0 Å². The summed E-state index contributed by atoms with van der Waals surface area (Å²) in [4.78, 5) is 0. The van der Waals surface area contributed by atoms with Crippen molar-refractivity contribution in [3.63, 3.8) is 0 Å². The fourth-order valence-electron chi connectivity index (χ4n) is 2.61. The van der Waals surface area contributed by atoms with Gasteiger partial charge in [-0.3, -0.25) is 0 Å². The van der Waals surface area contributed by atoms with Crippen LogP contribution in [0.4, 0.5) is 22.0 Å². The van der Waals surface area contributed by atoms with Gasteiger partial charge in [-0.15, -0.1) is 0 Å². The Morgan fingerprint density at radius 1 is 0.762 bits per heavy atom. The zero-order chi connectivity index (χ0) is 16.5. The molecule has 0 aromatic carbocycles. The number of allylic oxidation sites excluding steroid dienone is 1. The molecule has 21 heavy (non-hydrogen) atoms. The third-order valence-electron chi connectivity index (χ3n) is 3.93. The van der Waals surface area contributed by atoms with Crippen LogP contribution in [0, 0.1) is 0 Å². The van der Waals surface area contributed by atoms with Gasteiger partial charge in [0.1, 0.15) is 0 Å². The van der Waals surface area contributed by atoms with E-state index in [0.29, 0.717) is 32.6 Å². The molecule has 0 saturated heterocycles.